The molecule has 4 heterocycles. The van der Waals surface area contributed by atoms with Crippen LogP contribution in [0.2, 0.25) is 18.1 Å². The molecule has 4 aromatic rings. The largest absolute Gasteiger partial charge is 0.493 e. The van der Waals surface area contributed by atoms with Crippen LogP contribution >= 0.6 is 0 Å². The number of anilines is 3. The van der Waals surface area contributed by atoms with E-state index in [4.69, 9.17) is 33.7 Å². The predicted molar refractivity (Wildman–Crippen MR) is 193 cm³/mol. The highest BCUT2D eigenvalue weighted by molar-refractivity contribution is 6.74. The summed E-state index contributed by atoms with van der Waals surface area (Å²) in [7, 11) is 2.76. The van der Waals surface area contributed by atoms with Crippen LogP contribution in [-0.4, -0.2) is 95.4 Å². The second kappa shape index (κ2) is 13.6. The van der Waals surface area contributed by atoms with E-state index in [0.29, 0.717) is 54.1 Å². The van der Waals surface area contributed by atoms with Gasteiger partial charge in [0, 0.05) is 24.7 Å². The second-order valence-corrected chi connectivity index (χ2v) is 19.4. The summed E-state index contributed by atoms with van der Waals surface area (Å²) in [6.07, 6.45) is 5.81. The number of ether oxygens (including phenoxy) is 3. The number of hydrogen-bond donors (Lipinski definition) is 3. The van der Waals surface area contributed by atoms with Crippen LogP contribution in [0, 0.1) is 6.92 Å². The minimum absolute atomic E-state index is 0.00850. The van der Waals surface area contributed by atoms with Gasteiger partial charge in [0.2, 0.25) is 11.7 Å². The summed E-state index contributed by atoms with van der Waals surface area (Å²) in [6.45, 7) is 14.8. The summed E-state index contributed by atoms with van der Waals surface area (Å²) in [4.78, 5) is 28.3. The van der Waals surface area contributed by atoms with Gasteiger partial charge in [0.15, 0.2) is 31.3 Å². The number of carbonyl (C=O) groups is 1. The molecule has 0 radical (unpaired) electrons. The van der Waals surface area contributed by atoms with Crippen molar-refractivity contribution >= 4 is 43.0 Å². The molecule has 1 aromatic carbocycles. The molecule has 3 aromatic heterocycles. The van der Waals surface area contributed by atoms with E-state index in [9.17, 15) is 9.90 Å². The summed E-state index contributed by atoms with van der Waals surface area (Å²) < 4.78 is 27.1. The van der Waals surface area contributed by atoms with E-state index in [2.05, 4.69) is 54.4 Å². The number of aryl methyl sites for hydroxylation is 1. The molecule has 50 heavy (non-hydrogen) atoms. The summed E-state index contributed by atoms with van der Waals surface area (Å²) in [5.41, 5.74) is 2.30. The van der Waals surface area contributed by atoms with Crippen molar-refractivity contribution in [3.63, 3.8) is 0 Å². The molecule has 15 nitrogen and oxygen atoms in total. The van der Waals surface area contributed by atoms with Crippen molar-refractivity contribution in [1.29, 1.82) is 0 Å². The Kier molecular flexibility index (Phi) is 9.61. The Labute approximate surface area is 293 Å². The van der Waals surface area contributed by atoms with Crippen LogP contribution in [0.3, 0.4) is 0 Å². The Hall–Kier alpha value is -4.57. The van der Waals surface area contributed by atoms with Gasteiger partial charge in [0.05, 0.1) is 63.0 Å². The highest BCUT2D eigenvalue weighted by Gasteiger charge is 2.40. The lowest BCUT2D eigenvalue weighted by atomic mass is 9.87. The number of nitrogens with zero attached hydrogens (tertiary/aromatic N) is 7. The normalized spacial score (nSPS) is 19.4. The van der Waals surface area contributed by atoms with E-state index in [1.54, 1.807) is 27.7 Å². The maximum atomic E-state index is 11.3. The van der Waals surface area contributed by atoms with Crippen LogP contribution in [0.15, 0.2) is 24.7 Å². The van der Waals surface area contributed by atoms with Crippen LogP contribution in [0.4, 0.5) is 22.4 Å². The van der Waals surface area contributed by atoms with Gasteiger partial charge in [-0.15, -0.1) is 0 Å². The van der Waals surface area contributed by atoms with Crippen molar-refractivity contribution in [2.75, 3.05) is 44.7 Å². The van der Waals surface area contributed by atoms with Gasteiger partial charge in [0.25, 0.3) is 0 Å². The molecule has 1 aliphatic heterocycles. The number of aromatic nitrogens is 6. The number of amides is 1. The maximum absolute atomic E-state index is 11.3. The average molecular weight is 708 g/mol. The van der Waals surface area contributed by atoms with Crippen LogP contribution in [0.25, 0.3) is 16.7 Å². The molecular formula is C34H49N9O6Si. The number of imidazole rings is 1. The van der Waals surface area contributed by atoms with Crippen LogP contribution in [-0.2, 0) is 4.43 Å². The summed E-state index contributed by atoms with van der Waals surface area (Å²) in [5.74, 6) is 3.30. The first-order valence-electron chi connectivity index (χ1n) is 17.0. The molecular weight excluding hydrogens is 659 g/mol. The van der Waals surface area contributed by atoms with E-state index in [0.717, 1.165) is 42.0 Å². The number of rotatable bonds is 12. The molecule has 16 heteroatoms. The van der Waals surface area contributed by atoms with Crippen LogP contribution in [0.5, 0.6) is 17.2 Å². The molecule has 1 saturated heterocycles. The monoisotopic (exact) mass is 707 g/mol. The number of methoxy groups -OCH3 is 3. The first kappa shape index (κ1) is 35.3. The Morgan fingerprint density at radius 3 is 2.40 bits per heavy atom. The Morgan fingerprint density at radius 2 is 1.78 bits per heavy atom. The second-order valence-electron chi connectivity index (χ2n) is 14.6. The van der Waals surface area contributed by atoms with Gasteiger partial charge < -0.3 is 43.8 Å². The molecule has 1 aliphatic carbocycles. The van der Waals surface area contributed by atoms with Gasteiger partial charge in [-0.05, 0) is 50.7 Å². The zero-order valence-electron chi connectivity index (χ0n) is 30.4. The van der Waals surface area contributed by atoms with E-state index in [1.807, 2.05) is 34.5 Å². The summed E-state index contributed by atoms with van der Waals surface area (Å²) in [6, 6.07) is 3.74. The van der Waals surface area contributed by atoms with E-state index in [-0.39, 0.29) is 23.2 Å². The molecule has 2 aliphatic rings. The number of nitrogens with one attached hydrogen (secondary N) is 2. The third-order valence-corrected chi connectivity index (χ3v) is 14.9. The van der Waals surface area contributed by atoms with Crippen molar-refractivity contribution < 1.29 is 28.5 Å². The molecule has 0 bridgehead atoms. The Balaban J connectivity index is 1.36. The van der Waals surface area contributed by atoms with Crippen molar-refractivity contribution in [1.82, 2.24) is 34.6 Å². The molecule has 1 amide bonds. The van der Waals surface area contributed by atoms with Crippen LogP contribution < -0.4 is 29.7 Å². The average Bonchev–Trinajstić information content (AvgIpc) is 3.79. The first-order valence-corrected chi connectivity index (χ1v) is 19.9. The predicted octanol–water partition coefficient (Wildman–Crippen LogP) is 6.05. The third-order valence-electron chi connectivity index (χ3n) is 10.4. The van der Waals surface area contributed by atoms with Crippen molar-refractivity contribution in [2.24, 2.45) is 0 Å². The Morgan fingerprint density at radius 1 is 1.08 bits per heavy atom. The minimum atomic E-state index is -1.97. The molecule has 270 valence electrons. The maximum Gasteiger partial charge on any atom is 0.404 e. The molecule has 1 saturated carbocycles. The number of carboxylic acid groups (broad SMARTS) is 1. The fourth-order valence-corrected chi connectivity index (χ4v) is 7.49. The van der Waals surface area contributed by atoms with E-state index < -0.39 is 14.4 Å². The van der Waals surface area contributed by atoms with Gasteiger partial charge >= 0.3 is 6.09 Å². The minimum Gasteiger partial charge on any atom is -0.493 e. The fourth-order valence-electron chi connectivity index (χ4n) is 6.45. The van der Waals surface area contributed by atoms with Gasteiger partial charge in [-0.2, -0.15) is 15.1 Å². The molecule has 1 unspecified atom stereocenters. The molecule has 0 spiro atoms. The van der Waals surface area contributed by atoms with E-state index in [1.165, 1.54) is 0 Å². The molecule has 2 fully saturated rings. The third kappa shape index (κ3) is 6.77. The zero-order valence-corrected chi connectivity index (χ0v) is 31.4. The Bertz CT molecular complexity index is 1840. The highest BCUT2D eigenvalue weighted by atomic mass is 28.4. The fraction of sp³-hybridized carbons (Fsp3) is 0.559. The summed E-state index contributed by atoms with van der Waals surface area (Å²) in [5, 5.41) is 21.1. The standard InChI is InChI=1S/C34H49N9O6Si/c1-20-28-30(42-12-10-11-22(42)18-49-50(8,9)34(2,3)4)38-32(39-31(28)43(40-20)24-13-21(14-24)36-33(44)45)37-27-17-41(19-35-27)23-15-25(46-5)29(48-7)26(16-23)47-6/h15-17,19,21-22,24,36H,10-14,18H2,1-9H3,(H,44,45)(H,37,38,39). The van der Waals surface area contributed by atoms with Crippen LogP contribution in [0.1, 0.15) is 58.2 Å². The van der Waals surface area contributed by atoms with Crippen molar-refractivity contribution in [3.05, 3.63) is 30.4 Å². The lowest BCUT2D eigenvalue weighted by molar-refractivity contribution is 0.165. The smallest absolute Gasteiger partial charge is 0.404 e. The molecule has 6 rings (SSSR count). The summed E-state index contributed by atoms with van der Waals surface area (Å²) >= 11 is 0. The van der Waals surface area contributed by atoms with Gasteiger partial charge in [-0.25, -0.2) is 14.5 Å². The number of hydrogen-bond acceptors (Lipinski definition) is 11. The quantitative estimate of drug-likeness (QED) is 0.146. The SMILES string of the molecule is COc1cc(-n2cnc(Nc3nc(N4CCCC4CO[Si](C)(C)C(C)(C)C)c4c(C)nn(C5CC(NC(=O)O)C5)c4n3)c2)cc(OC)c1OC. The topological polar surface area (TPSA) is 163 Å². The lowest BCUT2D eigenvalue weighted by Gasteiger charge is -2.38. The number of benzene rings is 1. The van der Waals surface area contributed by atoms with Gasteiger partial charge in [-0.3, -0.25) is 0 Å². The van der Waals surface area contributed by atoms with E-state index >= 15 is 0 Å². The van der Waals surface area contributed by atoms with Gasteiger partial charge in [0.1, 0.15) is 12.1 Å². The first-order chi connectivity index (χ1) is 23.7. The molecule has 1 atom stereocenters. The molecule has 3 N–H and O–H groups in total. The zero-order chi connectivity index (χ0) is 36.0. The highest BCUT2D eigenvalue weighted by Crippen LogP contribution is 2.42. The van der Waals surface area contributed by atoms with Crippen molar-refractivity contribution in [2.45, 2.75) is 89.6 Å². The van der Waals surface area contributed by atoms with Crippen molar-refractivity contribution in [3.8, 4) is 22.9 Å². The van der Waals surface area contributed by atoms with Gasteiger partial charge in [-0.1, -0.05) is 20.8 Å². The lowest BCUT2D eigenvalue weighted by Crippen LogP contribution is -2.45. The number of fused-ring (bicyclic) bond motifs is 1.